The number of aliphatic hydroxyl groups excluding tert-OH is 1. The molecule has 0 aliphatic carbocycles. The number of rotatable bonds is 4. The molecule has 19 heavy (non-hydrogen) atoms. The molecule has 1 N–H and O–H groups in total. The van der Waals surface area contributed by atoms with Gasteiger partial charge in [-0.1, -0.05) is 6.92 Å². The summed E-state index contributed by atoms with van der Waals surface area (Å²) in [4.78, 5) is 4.11. The molecular formula is C14H13BrFNO2. The number of nitrogens with zero attached hydrogens (tertiary/aromatic N) is 1. The van der Waals surface area contributed by atoms with Gasteiger partial charge in [-0.3, -0.25) is 4.98 Å². The van der Waals surface area contributed by atoms with Crippen molar-refractivity contribution >= 4 is 15.9 Å². The van der Waals surface area contributed by atoms with Crippen LogP contribution in [0.3, 0.4) is 0 Å². The van der Waals surface area contributed by atoms with Crippen LogP contribution in [0.5, 0.6) is 11.5 Å². The first kappa shape index (κ1) is 14.0. The predicted molar refractivity (Wildman–Crippen MR) is 73.7 cm³/mol. The summed E-state index contributed by atoms with van der Waals surface area (Å²) in [7, 11) is 0. The topological polar surface area (TPSA) is 42.4 Å². The zero-order valence-electron chi connectivity index (χ0n) is 10.3. The van der Waals surface area contributed by atoms with Crippen LogP contribution in [0.2, 0.25) is 0 Å². The van der Waals surface area contributed by atoms with Gasteiger partial charge in [0.05, 0.1) is 22.5 Å². The summed E-state index contributed by atoms with van der Waals surface area (Å²) >= 11 is 3.08. The van der Waals surface area contributed by atoms with E-state index in [1.807, 2.05) is 6.92 Å². The zero-order chi connectivity index (χ0) is 13.8. The van der Waals surface area contributed by atoms with Crippen molar-refractivity contribution in [3.8, 4) is 11.5 Å². The lowest BCUT2D eigenvalue weighted by Gasteiger charge is -2.09. The number of pyridine rings is 1. The third-order valence-corrected chi connectivity index (χ3v) is 3.26. The molecule has 0 bridgehead atoms. The van der Waals surface area contributed by atoms with Crippen molar-refractivity contribution < 1.29 is 14.2 Å². The fourth-order valence-corrected chi connectivity index (χ4v) is 1.78. The highest BCUT2D eigenvalue weighted by atomic mass is 79.9. The molecule has 1 atom stereocenters. The van der Waals surface area contributed by atoms with E-state index in [0.717, 1.165) is 0 Å². The van der Waals surface area contributed by atoms with E-state index in [2.05, 4.69) is 20.9 Å². The first-order valence-corrected chi connectivity index (χ1v) is 6.66. The molecule has 0 aliphatic rings. The second kappa shape index (κ2) is 6.12. The summed E-state index contributed by atoms with van der Waals surface area (Å²) in [6, 6.07) is 7.91. The average molecular weight is 326 g/mol. The summed E-state index contributed by atoms with van der Waals surface area (Å²) in [5.41, 5.74) is 0.594. The lowest BCUT2D eigenvalue weighted by atomic mass is 10.2. The van der Waals surface area contributed by atoms with Gasteiger partial charge in [0.15, 0.2) is 0 Å². The number of halogens is 2. The Bertz CT molecular complexity index is 560. The van der Waals surface area contributed by atoms with E-state index < -0.39 is 6.10 Å². The van der Waals surface area contributed by atoms with Crippen LogP contribution in [0.15, 0.2) is 41.0 Å². The summed E-state index contributed by atoms with van der Waals surface area (Å²) < 4.78 is 19.2. The SMILES string of the molecule is CC[C@H](O)c1ccc(Oc2ccc(Br)c(F)c2)cn1. The Morgan fingerprint density at radius 1 is 1.32 bits per heavy atom. The molecule has 1 aromatic heterocycles. The summed E-state index contributed by atoms with van der Waals surface area (Å²) in [5.74, 6) is 0.503. The molecule has 3 nitrogen and oxygen atoms in total. The Balaban J connectivity index is 2.12. The standard InChI is InChI=1S/C14H13BrFNO2/c1-2-14(18)13-6-4-10(8-17-13)19-9-3-5-11(15)12(16)7-9/h3-8,14,18H,2H2,1H3/t14-/m0/s1. The van der Waals surface area contributed by atoms with Gasteiger partial charge < -0.3 is 9.84 Å². The van der Waals surface area contributed by atoms with E-state index in [0.29, 0.717) is 28.1 Å². The first-order chi connectivity index (χ1) is 9.10. The zero-order valence-corrected chi connectivity index (χ0v) is 11.9. The number of hydrogen-bond donors (Lipinski definition) is 1. The van der Waals surface area contributed by atoms with Gasteiger partial charge in [-0.15, -0.1) is 0 Å². The van der Waals surface area contributed by atoms with Crippen LogP contribution in [0.1, 0.15) is 25.1 Å². The van der Waals surface area contributed by atoms with Crippen LogP contribution < -0.4 is 4.74 Å². The summed E-state index contributed by atoms with van der Waals surface area (Å²) in [5, 5.41) is 9.62. The number of benzene rings is 1. The van der Waals surface area contributed by atoms with Gasteiger partial charge in [-0.05, 0) is 46.6 Å². The quantitative estimate of drug-likeness (QED) is 0.915. The van der Waals surface area contributed by atoms with Gasteiger partial charge in [-0.2, -0.15) is 0 Å². The molecule has 1 aromatic carbocycles. The third-order valence-electron chi connectivity index (χ3n) is 2.61. The molecule has 0 fully saturated rings. The lowest BCUT2D eigenvalue weighted by Crippen LogP contribution is -1.98. The Morgan fingerprint density at radius 3 is 2.63 bits per heavy atom. The van der Waals surface area contributed by atoms with Crippen molar-refractivity contribution in [2.24, 2.45) is 0 Å². The molecule has 0 spiro atoms. The number of aliphatic hydroxyl groups is 1. The summed E-state index contributed by atoms with van der Waals surface area (Å²) in [6.07, 6.45) is 1.54. The first-order valence-electron chi connectivity index (χ1n) is 5.87. The second-order valence-electron chi connectivity index (χ2n) is 4.02. The normalized spacial score (nSPS) is 12.2. The maximum Gasteiger partial charge on any atom is 0.145 e. The van der Waals surface area contributed by atoms with Crippen LogP contribution in [0, 0.1) is 5.82 Å². The van der Waals surface area contributed by atoms with Crippen LogP contribution in [-0.2, 0) is 0 Å². The maximum absolute atomic E-state index is 13.3. The molecule has 0 radical (unpaired) electrons. The second-order valence-corrected chi connectivity index (χ2v) is 4.88. The minimum Gasteiger partial charge on any atom is -0.456 e. The van der Waals surface area contributed by atoms with E-state index in [-0.39, 0.29) is 5.82 Å². The fraction of sp³-hybridized carbons (Fsp3) is 0.214. The molecule has 1 heterocycles. The third kappa shape index (κ3) is 3.52. The minimum atomic E-state index is -0.570. The molecular weight excluding hydrogens is 313 g/mol. The summed E-state index contributed by atoms with van der Waals surface area (Å²) in [6.45, 7) is 1.88. The molecule has 2 rings (SSSR count). The number of aromatic nitrogens is 1. The van der Waals surface area contributed by atoms with E-state index >= 15 is 0 Å². The Morgan fingerprint density at radius 2 is 2.05 bits per heavy atom. The molecule has 5 heteroatoms. The highest BCUT2D eigenvalue weighted by molar-refractivity contribution is 9.10. The Labute approximate surface area is 119 Å². The highest BCUT2D eigenvalue weighted by Crippen LogP contribution is 2.26. The molecule has 0 aliphatic heterocycles. The van der Waals surface area contributed by atoms with Crippen molar-refractivity contribution in [3.63, 3.8) is 0 Å². The number of hydrogen-bond acceptors (Lipinski definition) is 3. The molecule has 0 amide bonds. The van der Waals surface area contributed by atoms with Crippen molar-refractivity contribution in [3.05, 3.63) is 52.5 Å². The molecule has 2 aromatic rings. The molecule has 0 saturated carbocycles. The monoisotopic (exact) mass is 325 g/mol. The lowest BCUT2D eigenvalue weighted by molar-refractivity contribution is 0.169. The number of ether oxygens (including phenoxy) is 1. The van der Waals surface area contributed by atoms with Crippen LogP contribution in [-0.4, -0.2) is 10.1 Å². The predicted octanol–water partition coefficient (Wildman–Crippen LogP) is 4.22. The van der Waals surface area contributed by atoms with Crippen molar-refractivity contribution in [1.82, 2.24) is 4.98 Å². The largest absolute Gasteiger partial charge is 0.456 e. The van der Waals surface area contributed by atoms with Crippen molar-refractivity contribution in [2.75, 3.05) is 0 Å². The van der Waals surface area contributed by atoms with Gasteiger partial charge in [-0.25, -0.2) is 4.39 Å². The van der Waals surface area contributed by atoms with E-state index in [4.69, 9.17) is 4.74 Å². The van der Waals surface area contributed by atoms with Crippen molar-refractivity contribution in [2.45, 2.75) is 19.4 Å². The minimum absolute atomic E-state index is 0.386. The van der Waals surface area contributed by atoms with E-state index in [1.54, 1.807) is 24.3 Å². The van der Waals surface area contributed by atoms with Crippen molar-refractivity contribution in [1.29, 1.82) is 0 Å². The van der Waals surface area contributed by atoms with Gasteiger partial charge in [0.1, 0.15) is 17.3 Å². The van der Waals surface area contributed by atoms with Crippen LogP contribution >= 0.6 is 15.9 Å². The van der Waals surface area contributed by atoms with Crippen LogP contribution in [0.25, 0.3) is 0 Å². The molecule has 0 unspecified atom stereocenters. The maximum atomic E-state index is 13.3. The van der Waals surface area contributed by atoms with E-state index in [9.17, 15) is 9.50 Å². The van der Waals surface area contributed by atoms with Gasteiger partial charge >= 0.3 is 0 Å². The fourth-order valence-electron chi connectivity index (χ4n) is 1.53. The smallest absolute Gasteiger partial charge is 0.145 e. The average Bonchev–Trinajstić information content (AvgIpc) is 2.43. The Kier molecular flexibility index (Phi) is 4.50. The van der Waals surface area contributed by atoms with Gasteiger partial charge in [0.25, 0.3) is 0 Å². The van der Waals surface area contributed by atoms with Crippen LogP contribution in [0.4, 0.5) is 4.39 Å². The Hall–Kier alpha value is -1.46. The van der Waals surface area contributed by atoms with Gasteiger partial charge in [0, 0.05) is 6.07 Å². The van der Waals surface area contributed by atoms with E-state index in [1.165, 1.54) is 12.3 Å². The van der Waals surface area contributed by atoms with Gasteiger partial charge in [0.2, 0.25) is 0 Å². The highest BCUT2D eigenvalue weighted by Gasteiger charge is 2.07. The molecule has 0 saturated heterocycles. The molecule has 100 valence electrons.